The van der Waals surface area contributed by atoms with Gasteiger partial charge in [0.05, 0.1) is 6.61 Å². The first-order chi connectivity index (χ1) is 9.50. The van der Waals surface area contributed by atoms with Gasteiger partial charge in [-0.05, 0) is 28.5 Å². The molecule has 1 unspecified atom stereocenters. The molecule has 2 aromatic rings. The minimum absolute atomic E-state index is 0.173. The van der Waals surface area contributed by atoms with Crippen LogP contribution in [0.4, 0.5) is 0 Å². The summed E-state index contributed by atoms with van der Waals surface area (Å²) < 4.78 is 0. The van der Waals surface area contributed by atoms with Crippen molar-refractivity contribution in [3.63, 3.8) is 0 Å². The molecule has 0 aliphatic carbocycles. The molecule has 0 amide bonds. The molecule has 0 fully saturated rings. The van der Waals surface area contributed by atoms with Gasteiger partial charge >= 0.3 is 0 Å². The van der Waals surface area contributed by atoms with Gasteiger partial charge in [-0.3, -0.25) is 0 Å². The third-order valence-corrected chi connectivity index (χ3v) is 3.79. The van der Waals surface area contributed by atoms with E-state index in [0.29, 0.717) is 0 Å². The van der Waals surface area contributed by atoms with E-state index in [4.69, 9.17) is 0 Å². The average Bonchev–Trinajstić information content (AvgIpc) is 2.45. The van der Waals surface area contributed by atoms with Crippen molar-refractivity contribution in [2.24, 2.45) is 0 Å². The Balaban J connectivity index is 2.16. The summed E-state index contributed by atoms with van der Waals surface area (Å²) in [6.07, 6.45) is 0.881. The molecule has 0 aromatic heterocycles. The van der Waals surface area contributed by atoms with Gasteiger partial charge in [-0.25, -0.2) is 0 Å². The van der Waals surface area contributed by atoms with Crippen molar-refractivity contribution in [1.82, 2.24) is 0 Å². The highest BCUT2D eigenvalue weighted by atomic mass is 16.3. The van der Waals surface area contributed by atoms with E-state index in [1.54, 1.807) is 0 Å². The van der Waals surface area contributed by atoms with Crippen molar-refractivity contribution in [1.29, 1.82) is 0 Å². The Morgan fingerprint density at radius 2 is 1.50 bits per heavy atom. The molecule has 0 aliphatic heterocycles. The Kier molecular flexibility index (Phi) is 4.61. The van der Waals surface area contributed by atoms with Crippen LogP contribution in [0.3, 0.4) is 0 Å². The van der Waals surface area contributed by atoms with Crippen LogP contribution in [0.5, 0.6) is 0 Å². The highest BCUT2D eigenvalue weighted by Crippen LogP contribution is 2.26. The van der Waals surface area contributed by atoms with Crippen LogP contribution in [0.2, 0.25) is 0 Å². The molecule has 2 aromatic carbocycles. The van der Waals surface area contributed by atoms with E-state index in [1.165, 1.54) is 16.7 Å². The zero-order chi connectivity index (χ0) is 14.6. The van der Waals surface area contributed by atoms with Gasteiger partial charge in [0.2, 0.25) is 0 Å². The fraction of sp³-hybridized carbons (Fsp3) is 0.368. The third-order valence-electron chi connectivity index (χ3n) is 3.79. The summed E-state index contributed by atoms with van der Waals surface area (Å²) in [4.78, 5) is 0. The highest BCUT2D eigenvalue weighted by Gasteiger charge is 2.15. The lowest BCUT2D eigenvalue weighted by molar-refractivity contribution is 0.264. The molecule has 0 saturated heterocycles. The van der Waals surface area contributed by atoms with Crippen LogP contribution in [0.15, 0.2) is 54.6 Å². The number of aliphatic hydroxyl groups is 1. The van der Waals surface area contributed by atoms with E-state index in [1.807, 2.05) is 18.2 Å². The first-order valence-electron chi connectivity index (χ1n) is 7.26. The van der Waals surface area contributed by atoms with Crippen LogP contribution < -0.4 is 0 Å². The fourth-order valence-electron chi connectivity index (χ4n) is 2.44. The van der Waals surface area contributed by atoms with Gasteiger partial charge in [0.25, 0.3) is 0 Å². The molecule has 1 atom stereocenters. The molecular formula is C19H24O. The molecule has 0 radical (unpaired) electrons. The molecule has 106 valence electrons. The maximum atomic E-state index is 9.67. The summed E-state index contributed by atoms with van der Waals surface area (Å²) in [5.74, 6) is 0.173. The first kappa shape index (κ1) is 14.8. The predicted octanol–water partition coefficient (Wildman–Crippen LogP) is 4.30. The zero-order valence-electron chi connectivity index (χ0n) is 12.6. The monoisotopic (exact) mass is 268 g/mol. The lowest BCUT2D eigenvalue weighted by Gasteiger charge is -2.21. The van der Waals surface area contributed by atoms with Crippen LogP contribution in [-0.4, -0.2) is 11.7 Å². The Bertz CT molecular complexity index is 520. The van der Waals surface area contributed by atoms with Gasteiger partial charge < -0.3 is 5.11 Å². The van der Waals surface area contributed by atoms with Crippen LogP contribution in [0, 0.1) is 0 Å². The molecule has 1 nitrogen and oxygen atoms in total. The normalized spacial score (nSPS) is 13.2. The highest BCUT2D eigenvalue weighted by molar-refractivity contribution is 5.31. The Morgan fingerprint density at radius 1 is 0.900 bits per heavy atom. The van der Waals surface area contributed by atoms with E-state index in [9.17, 15) is 5.11 Å². The van der Waals surface area contributed by atoms with Gasteiger partial charge in [-0.2, -0.15) is 0 Å². The van der Waals surface area contributed by atoms with Crippen molar-refractivity contribution < 1.29 is 5.11 Å². The van der Waals surface area contributed by atoms with Crippen molar-refractivity contribution in [3.8, 4) is 0 Å². The average molecular weight is 268 g/mol. The largest absolute Gasteiger partial charge is 0.396 e. The van der Waals surface area contributed by atoms with E-state index in [-0.39, 0.29) is 17.9 Å². The third kappa shape index (κ3) is 3.71. The van der Waals surface area contributed by atoms with Gasteiger partial charge in [0, 0.05) is 5.92 Å². The molecule has 2 rings (SSSR count). The maximum absolute atomic E-state index is 9.67. The lowest BCUT2D eigenvalue weighted by atomic mass is 9.85. The van der Waals surface area contributed by atoms with Gasteiger partial charge in [0.15, 0.2) is 0 Å². The van der Waals surface area contributed by atoms with Crippen LogP contribution in [-0.2, 0) is 11.8 Å². The number of aliphatic hydroxyl groups excluding tert-OH is 1. The van der Waals surface area contributed by atoms with Gasteiger partial charge in [0.1, 0.15) is 0 Å². The van der Waals surface area contributed by atoms with E-state index < -0.39 is 0 Å². The fourth-order valence-corrected chi connectivity index (χ4v) is 2.44. The molecule has 0 bridgehead atoms. The summed E-state index contributed by atoms with van der Waals surface area (Å²) in [7, 11) is 0. The van der Waals surface area contributed by atoms with Crippen LogP contribution in [0.1, 0.15) is 43.4 Å². The van der Waals surface area contributed by atoms with Crippen LogP contribution in [0.25, 0.3) is 0 Å². The first-order valence-corrected chi connectivity index (χ1v) is 7.26. The summed E-state index contributed by atoms with van der Waals surface area (Å²) in [6.45, 7) is 6.84. The molecule has 20 heavy (non-hydrogen) atoms. The van der Waals surface area contributed by atoms with Gasteiger partial charge in [-0.15, -0.1) is 0 Å². The smallest absolute Gasteiger partial charge is 0.0502 e. The van der Waals surface area contributed by atoms with E-state index >= 15 is 0 Å². The number of benzene rings is 2. The minimum Gasteiger partial charge on any atom is -0.396 e. The van der Waals surface area contributed by atoms with E-state index in [2.05, 4.69) is 57.2 Å². The molecule has 0 aliphatic rings. The van der Waals surface area contributed by atoms with Crippen LogP contribution >= 0.6 is 0 Å². The molecule has 1 N–H and O–H groups in total. The summed E-state index contributed by atoms with van der Waals surface area (Å²) >= 11 is 0. The van der Waals surface area contributed by atoms with Crippen molar-refractivity contribution in [3.05, 3.63) is 71.3 Å². The number of rotatable bonds is 4. The standard InChI is InChI=1S/C19H24O/c1-19(2,3)18-11-9-16(10-12-18)17(14-20)13-15-7-5-4-6-8-15/h4-12,17,20H,13-14H2,1-3H3. The molecule has 1 heteroatoms. The SMILES string of the molecule is CC(C)(C)c1ccc(C(CO)Cc2ccccc2)cc1. The predicted molar refractivity (Wildman–Crippen MR) is 85.1 cm³/mol. The molecule has 0 spiro atoms. The van der Waals surface area contributed by atoms with E-state index in [0.717, 1.165) is 6.42 Å². The second-order valence-electron chi connectivity index (χ2n) is 6.44. The summed E-state index contributed by atoms with van der Waals surface area (Å²) in [5, 5.41) is 9.67. The Morgan fingerprint density at radius 3 is 2.00 bits per heavy atom. The van der Waals surface area contributed by atoms with Crippen molar-refractivity contribution in [2.45, 2.75) is 38.5 Å². The van der Waals surface area contributed by atoms with Gasteiger partial charge in [-0.1, -0.05) is 75.4 Å². The Hall–Kier alpha value is -1.60. The Labute approximate surface area is 122 Å². The lowest BCUT2D eigenvalue weighted by Crippen LogP contribution is -2.12. The second-order valence-corrected chi connectivity index (χ2v) is 6.44. The summed E-state index contributed by atoms with van der Waals surface area (Å²) in [6, 6.07) is 19.0. The quantitative estimate of drug-likeness (QED) is 0.876. The molecular weight excluding hydrogens is 244 g/mol. The molecule has 0 saturated carbocycles. The number of hydrogen-bond acceptors (Lipinski definition) is 1. The summed E-state index contributed by atoms with van der Waals surface area (Å²) in [5.41, 5.74) is 3.99. The van der Waals surface area contributed by atoms with Crippen molar-refractivity contribution >= 4 is 0 Å². The maximum Gasteiger partial charge on any atom is 0.0502 e. The zero-order valence-corrected chi connectivity index (χ0v) is 12.6. The number of hydrogen-bond donors (Lipinski definition) is 1. The molecule has 0 heterocycles. The second kappa shape index (κ2) is 6.23. The van der Waals surface area contributed by atoms with Crippen molar-refractivity contribution in [2.75, 3.05) is 6.61 Å². The minimum atomic E-state index is 0.173. The topological polar surface area (TPSA) is 20.2 Å².